The van der Waals surface area contributed by atoms with Gasteiger partial charge in [0.25, 0.3) is 5.91 Å². The lowest BCUT2D eigenvalue weighted by Gasteiger charge is -2.49. The second-order valence-corrected chi connectivity index (χ2v) is 8.32. The lowest BCUT2D eigenvalue weighted by atomic mass is 9.98. The third-order valence-corrected chi connectivity index (χ3v) is 6.47. The van der Waals surface area contributed by atoms with E-state index in [1.54, 1.807) is 24.3 Å². The summed E-state index contributed by atoms with van der Waals surface area (Å²) in [4.78, 5) is 38.3. The van der Waals surface area contributed by atoms with Crippen LogP contribution in [0.2, 0.25) is 0 Å². The lowest BCUT2D eigenvalue weighted by molar-refractivity contribution is -0.150. The molecule has 1 saturated heterocycles. The summed E-state index contributed by atoms with van der Waals surface area (Å²) >= 11 is 1.44. The minimum Gasteiger partial charge on any atom is -0.508 e. The fraction of sp³-hybridized carbons (Fsp3) is 0.227. The normalized spacial score (nSPS) is 20.4. The van der Waals surface area contributed by atoms with E-state index in [0.29, 0.717) is 17.7 Å². The van der Waals surface area contributed by atoms with Crippen molar-refractivity contribution in [2.75, 3.05) is 5.75 Å². The number of carbonyl (C=O) groups is 3. The largest absolute Gasteiger partial charge is 0.508 e. The van der Waals surface area contributed by atoms with Crippen molar-refractivity contribution in [3.8, 4) is 5.75 Å². The van der Waals surface area contributed by atoms with Crippen LogP contribution in [0.3, 0.4) is 0 Å². The molecule has 0 unspecified atom stereocenters. The Balaban J connectivity index is 1.48. The number of thioether (sulfide) groups is 1. The number of rotatable bonds is 6. The topological polar surface area (TPSA) is 107 Å². The van der Waals surface area contributed by atoms with Gasteiger partial charge in [0.2, 0.25) is 5.91 Å². The van der Waals surface area contributed by atoms with Crippen LogP contribution in [0.4, 0.5) is 0 Å². The summed E-state index contributed by atoms with van der Waals surface area (Å²) in [5, 5.41) is 21.5. The van der Waals surface area contributed by atoms with E-state index < -0.39 is 23.3 Å². The number of carbonyl (C=O) groups excluding carboxylic acids is 2. The maximum atomic E-state index is 12.7. The molecule has 2 heterocycles. The highest BCUT2D eigenvalue weighted by Gasteiger charge is 2.54. The van der Waals surface area contributed by atoms with Gasteiger partial charge in [0, 0.05) is 5.75 Å². The number of carboxylic acids is 1. The summed E-state index contributed by atoms with van der Waals surface area (Å²) in [6.07, 6.45) is 0.534. The highest BCUT2D eigenvalue weighted by molar-refractivity contribution is 8.00. The molecule has 4 rings (SSSR count). The van der Waals surface area contributed by atoms with E-state index in [0.717, 1.165) is 11.1 Å². The van der Waals surface area contributed by atoms with Gasteiger partial charge < -0.3 is 15.5 Å². The van der Waals surface area contributed by atoms with Crippen LogP contribution in [0.15, 0.2) is 65.9 Å². The molecular formula is C22H20N2O5S. The summed E-state index contributed by atoms with van der Waals surface area (Å²) in [6, 6.07) is 15.0. The zero-order valence-electron chi connectivity index (χ0n) is 15.9. The van der Waals surface area contributed by atoms with E-state index >= 15 is 0 Å². The molecule has 0 bridgehead atoms. The van der Waals surface area contributed by atoms with Crippen molar-refractivity contribution in [2.24, 2.45) is 0 Å². The molecule has 2 aliphatic rings. The number of aromatic hydroxyl groups is 1. The minimum absolute atomic E-state index is 0.00890. The number of amides is 2. The van der Waals surface area contributed by atoms with E-state index in [2.05, 4.69) is 5.32 Å². The first-order chi connectivity index (χ1) is 14.4. The molecule has 0 aliphatic carbocycles. The van der Waals surface area contributed by atoms with Gasteiger partial charge in [-0.25, -0.2) is 4.79 Å². The summed E-state index contributed by atoms with van der Waals surface area (Å²) in [6.45, 7) is 0. The van der Waals surface area contributed by atoms with Gasteiger partial charge in [0.05, 0.1) is 6.42 Å². The number of hydrogen-bond donors (Lipinski definition) is 3. The maximum absolute atomic E-state index is 12.7. The van der Waals surface area contributed by atoms with Crippen LogP contribution in [-0.2, 0) is 27.2 Å². The zero-order chi connectivity index (χ0) is 21.3. The van der Waals surface area contributed by atoms with Crippen molar-refractivity contribution in [3.05, 3.63) is 77.0 Å². The molecule has 2 amide bonds. The van der Waals surface area contributed by atoms with E-state index in [9.17, 15) is 24.6 Å². The van der Waals surface area contributed by atoms with Gasteiger partial charge in [-0.2, -0.15) is 0 Å². The summed E-state index contributed by atoms with van der Waals surface area (Å²) < 4.78 is 0. The first kappa shape index (κ1) is 20.0. The van der Waals surface area contributed by atoms with Crippen LogP contribution in [0.25, 0.3) is 0 Å². The average Bonchev–Trinajstić information content (AvgIpc) is 2.74. The Kier molecular flexibility index (Phi) is 5.50. The van der Waals surface area contributed by atoms with Crippen molar-refractivity contribution < 1.29 is 24.6 Å². The van der Waals surface area contributed by atoms with E-state index in [-0.39, 0.29) is 23.8 Å². The molecule has 2 atom stereocenters. The number of nitrogens with one attached hydrogen (secondary N) is 1. The molecule has 3 N–H and O–H groups in total. The third kappa shape index (κ3) is 3.91. The summed E-state index contributed by atoms with van der Waals surface area (Å²) in [7, 11) is 0. The smallest absolute Gasteiger partial charge is 0.352 e. The SMILES string of the molecule is O=C(Cc1ccccc1)N[C@@H]1C(=O)N2C(C(=O)O)=C(Cc3ccc(O)cc3)CS[C@@H]12. The molecule has 2 aromatic rings. The molecule has 0 spiro atoms. The number of aliphatic carboxylic acids is 1. The molecule has 2 aromatic carbocycles. The molecule has 7 nitrogen and oxygen atoms in total. The van der Waals surface area contributed by atoms with Crippen LogP contribution in [0.5, 0.6) is 5.75 Å². The number of fused-ring (bicyclic) bond motifs is 1. The molecule has 0 aromatic heterocycles. The van der Waals surface area contributed by atoms with Crippen molar-refractivity contribution in [1.29, 1.82) is 0 Å². The highest BCUT2D eigenvalue weighted by Crippen LogP contribution is 2.41. The molecular weight excluding hydrogens is 404 g/mol. The maximum Gasteiger partial charge on any atom is 0.352 e. The number of hydrogen-bond acceptors (Lipinski definition) is 5. The monoisotopic (exact) mass is 424 g/mol. The first-order valence-corrected chi connectivity index (χ1v) is 10.5. The summed E-state index contributed by atoms with van der Waals surface area (Å²) in [5.41, 5.74) is 2.32. The second kappa shape index (κ2) is 8.23. The van der Waals surface area contributed by atoms with Gasteiger partial charge in [0.1, 0.15) is 22.9 Å². The number of phenols is 1. The highest BCUT2D eigenvalue weighted by atomic mass is 32.2. The number of benzene rings is 2. The predicted molar refractivity (Wildman–Crippen MR) is 112 cm³/mol. The first-order valence-electron chi connectivity index (χ1n) is 9.45. The Morgan fingerprint density at radius 1 is 1.07 bits per heavy atom. The van der Waals surface area contributed by atoms with Gasteiger partial charge in [0.15, 0.2) is 0 Å². The Morgan fingerprint density at radius 2 is 1.77 bits per heavy atom. The molecule has 0 radical (unpaired) electrons. The lowest BCUT2D eigenvalue weighted by Crippen LogP contribution is -2.70. The van der Waals surface area contributed by atoms with Crippen LogP contribution >= 0.6 is 11.8 Å². The second-order valence-electron chi connectivity index (χ2n) is 7.22. The van der Waals surface area contributed by atoms with E-state index in [1.807, 2.05) is 30.3 Å². The van der Waals surface area contributed by atoms with Gasteiger partial charge in [-0.15, -0.1) is 11.8 Å². The average molecular weight is 424 g/mol. The van der Waals surface area contributed by atoms with Gasteiger partial charge >= 0.3 is 5.97 Å². The fourth-order valence-corrected chi connectivity index (χ4v) is 5.03. The van der Waals surface area contributed by atoms with Gasteiger partial charge in [-0.3, -0.25) is 14.5 Å². The quantitative estimate of drug-likeness (QED) is 0.612. The van der Waals surface area contributed by atoms with Crippen molar-refractivity contribution in [3.63, 3.8) is 0 Å². The Labute approximate surface area is 177 Å². The van der Waals surface area contributed by atoms with Crippen molar-refractivity contribution >= 4 is 29.5 Å². The summed E-state index contributed by atoms with van der Waals surface area (Å²) in [5.74, 6) is -1.25. The molecule has 0 saturated carbocycles. The fourth-order valence-electron chi connectivity index (χ4n) is 3.69. The standard InChI is InChI=1S/C22H20N2O5S/c25-16-8-6-14(7-9-16)10-15-12-30-21-18(20(27)24(21)19(15)22(28)29)23-17(26)11-13-4-2-1-3-5-13/h1-9,18,21,25H,10-12H2,(H,23,26)(H,28,29)/t18-,21+/m1/s1. The van der Waals surface area contributed by atoms with Crippen molar-refractivity contribution in [1.82, 2.24) is 10.2 Å². The predicted octanol–water partition coefficient (Wildman–Crippen LogP) is 1.92. The molecule has 8 heteroatoms. The number of carboxylic acid groups (broad SMARTS) is 1. The van der Waals surface area contributed by atoms with Crippen molar-refractivity contribution in [2.45, 2.75) is 24.3 Å². The van der Waals surface area contributed by atoms with Crippen LogP contribution in [0.1, 0.15) is 11.1 Å². The number of β-lactam (4-membered cyclic amide) rings is 1. The minimum atomic E-state index is -1.16. The Hall–Kier alpha value is -3.26. The molecule has 1 fully saturated rings. The van der Waals surface area contributed by atoms with Crippen LogP contribution in [-0.4, -0.2) is 50.1 Å². The van der Waals surface area contributed by atoms with E-state index in [1.165, 1.54) is 16.7 Å². The Bertz CT molecular complexity index is 1020. The zero-order valence-corrected chi connectivity index (χ0v) is 16.8. The van der Waals surface area contributed by atoms with Crippen LogP contribution < -0.4 is 5.32 Å². The van der Waals surface area contributed by atoms with Gasteiger partial charge in [-0.05, 0) is 35.3 Å². The number of phenolic OH excluding ortho intramolecular Hbond substituents is 1. The van der Waals surface area contributed by atoms with Crippen LogP contribution in [0, 0.1) is 0 Å². The molecule has 30 heavy (non-hydrogen) atoms. The molecule has 154 valence electrons. The van der Waals surface area contributed by atoms with E-state index in [4.69, 9.17) is 0 Å². The number of nitrogens with zero attached hydrogens (tertiary/aromatic N) is 1. The van der Waals surface area contributed by atoms with Gasteiger partial charge in [-0.1, -0.05) is 42.5 Å². The third-order valence-electron chi connectivity index (χ3n) is 5.13. The molecule has 2 aliphatic heterocycles. The Morgan fingerprint density at radius 3 is 2.43 bits per heavy atom.